The fourth-order valence-corrected chi connectivity index (χ4v) is 1.67. The van der Waals surface area contributed by atoms with Crippen molar-refractivity contribution < 1.29 is 18.7 Å². The minimum Gasteiger partial charge on any atom is -0.496 e. The van der Waals surface area contributed by atoms with Gasteiger partial charge in [-0.05, 0) is 25.1 Å². The molecule has 19 heavy (non-hydrogen) atoms. The summed E-state index contributed by atoms with van der Waals surface area (Å²) in [7, 11) is 1.43. The number of benzene rings is 1. The third-order valence-electron chi connectivity index (χ3n) is 2.38. The molecule has 1 aromatic carbocycles. The molecule has 2 N–H and O–H groups in total. The maximum Gasteiger partial charge on any atom is 0.342 e. The summed E-state index contributed by atoms with van der Waals surface area (Å²) in [6.45, 7) is 1.69. The van der Waals surface area contributed by atoms with E-state index < -0.39 is 18.2 Å². The molecule has 0 saturated heterocycles. The van der Waals surface area contributed by atoms with Crippen molar-refractivity contribution >= 4 is 30.0 Å². The summed E-state index contributed by atoms with van der Waals surface area (Å²) in [6.07, 6.45) is -1.96. The van der Waals surface area contributed by atoms with Crippen LogP contribution in [-0.2, 0) is 9.53 Å². The van der Waals surface area contributed by atoms with Gasteiger partial charge in [-0.3, -0.25) is 0 Å². The smallest absolute Gasteiger partial charge is 0.342 e. The maximum atomic E-state index is 13.8. The van der Waals surface area contributed by atoms with Crippen LogP contribution in [-0.4, -0.2) is 25.9 Å². The molecule has 108 valence electrons. The lowest BCUT2D eigenvalue weighted by Crippen LogP contribution is -2.31. The first-order chi connectivity index (χ1) is 8.51. The number of esters is 1. The number of ether oxygens (including phenoxy) is 2. The van der Waals surface area contributed by atoms with Crippen LogP contribution in [0.4, 0.5) is 4.39 Å². The normalized spacial score (nSPS) is 13.1. The Bertz CT molecular complexity index is 431. The van der Waals surface area contributed by atoms with Gasteiger partial charge >= 0.3 is 5.97 Å². The van der Waals surface area contributed by atoms with Crippen LogP contribution in [0, 0.1) is 0 Å². The van der Waals surface area contributed by atoms with Gasteiger partial charge < -0.3 is 15.2 Å². The van der Waals surface area contributed by atoms with Crippen LogP contribution >= 0.6 is 24.0 Å². The monoisotopic (exact) mass is 311 g/mol. The highest BCUT2D eigenvalue weighted by atomic mass is 35.5. The SMILES string of the molecule is CCOC(=O)C(F)[C@H](N)c1cc(Cl)ccc1OC.Cl. The standard InChI is InChI=1S/C12H15ClFNO3.ClH/c1-3-18-12(16)10(14)11(15)8-6-7(13)4-5-9(8)17-2;/h4-6,10-11H,3,15H2,1-2H3;1H/t10?,11-;/m1./s1. The van der Waals surface area contributed by atoms with Crippen molar-refractivity contribution in [2.45, 2.75) is 19.1 Å². The van der Waals surface area contributed by atoms with Gasteiger partial charge in [0.2, 0.25) is 6.17 Å². The number of halogens is 3. The minimum absolute atomic E-state index is 0. The van der Waals surface area contributed by atoms with Gasteiger partial charge in [-0.25, -0.2) is 9.18 Å². The van der Waals surface area contributed by atoms with Gasteiger partial charge in [-0.1, -0.05) is 11.6 Å². The fourth-order valence-electron chi connectivity index (χ4n) is 1.49. The van der Waals surface area contributed by atoms with Crippen molar-refractivity contribution in [1.82, 2.24) is 0 Å². The van der Waals surface area contributed by atoms with Crippen LogP contribution < -0.4 is 10.5 Å². The minimum atomic E-state index is -1.96. The molecule has 0 aliphatic rings. The molecule has 0 heterocycles. The number of carbonyl (C=O) groups is 1. The highest BCUT2D eigenvalue weighted by Crippen LogP contribution is 2.30. The topological polar surface area (TPSA) is 61.5 Å². The Hall–Kier alpha value is -1.04. The van der Waals surface area contributed by atoms with E-state index >= 15 is 0 Å². The lowest BCUT2D eigenvalue weighted by Gasteiger charge is -2.18. The van der Waals surface area contributed by atoms with Gasteiger partial charge in [-0.2, -0.15) is 0 Å². The fraction of sp³-hybridized carbons (Fsp3) is 0.417. The lowest BCUT2D eigenvalue weighted by atomic mass is 10.0. The van der Waals surface area contributed by atoms with E-state index in [-0.39, 0.29) is 19.0 Å². The second-order valence-corrected chi connectivity index (χ2v) is 4.00. The van der Waals surface area contributed by atoms with Gasteiger partial charge in [0.25, 0.3) is 0 Å². The molecule has 0 radical (unpaired) electrons. The third kappa shape index (κ3) is 4.53. The van der Waals surface area contributed by atoms with Gasteiger partial charge in [0.05, 0.1) is 19.8 Å². The summed E-state index contributed by atoms with van der Waals surface area (Å²) in [5, 5.41) is 0.386. The van der Waals surface area contributed by atoms with Crippen LogP contribution in [0.25, 0.3) is 0 Å². The number of nitrogens with two attached hydrogens (primary N) is 1. The molecular formula is C12H16Cl2FNO3. The molecule has 0 spiro atoms. The Morgan fingerprint density at radius 2 is 2.16 bits per heavy atom. The summed E-state index contributed by atoms with van der Waals surface area (Å²) < 4.78 is 23.4. The van der Waals surface area contributed by atoms with E-state index in [1.807, 2.05) is 0 Å². The predicted molar refractivity (Wildman–Crippen MR) is 73.7 cm³/mol. The van der Waals surface area contributed by atoms with Crippen molar-refractivity contribution in [3.05, 3.63) is 28.8 Å². The van der Waals surface area contributed by atoms with Crippen LogP contribution in [0.3, 0.4) is 0 Å². The molecule has 0 aliphatic heterocycles. The average molecular weight is 312 g/mol. The molecule has 1 unspecified atom stereocenters. The van der Waals surface area contributed by atoms with E-state index in [4.69, 9.17) is 22.1 Å². The Morgan fingerprint density at radius 1 is 1.53 bits per heavy atom. The van der Waals surface area contributed by atoms with Crippen molar-refractivity contribution in [2.75, 3.05) is 13.7 Å². The zero-order chi connectivity index (χ0) is 13.7. The maximum absolute atomic E-state index is 13.8. The number of rotatable bonds is 5. The van der Waals surface area contributed by atoms with E-state index in [2.05, 4.69) is 4.74 Å². The van der Waals surface area contributed by atoms with E-state index in [1.165, 1.54) is 13.2 Å². The van der Waals surface area contributed by atoms with Crippen LogP contribution in [0.5, 0.6) is 5.75 Å². The van der Waals surface area contributed by atoms with Crippen LogP contribution in [0.1, 0.15) is 18.5 Å². The average Bonchev–Trinajstić information content (AvgIpc) is 2.37. The number of carbonyl (C=O) groups excluding carboxylic acids is 1. The first-order valence-electron chi connectivity index (χ1n) is 5.41. The predicted octanol–water partition coefficient (Wildman–Crippen LogP) is 2.67. The van der Waals surface area contributed by atoms with E-state index in [0.717, 1.165) is 0 Å². The van der Waals surface area contributed by atoms with E-state index in [0.29, 0.717) is 16.3 Å². The summed E-state index contributed by atoms with van der Waals surface area (Å²) in [6, 6.07) is 3.44. The van der Waals surface area contributed by atoms with Crippen molar-refractivity contribution in [3.63, 3.8) is 0 Å². The Morgan fingerprint density at radius 3 is 2.68 bits per heavy atom. The lowest BCUT2D eigenvalue weighted by molar-refractivity contribution is -0.149. The molecule has 0 saturated carbocycles. The van der Waals surface area contributed by atoms with Crippen molar-refractivity contribution in [1.29, 1.82) is 0 Å². The van der Waals surface area contributed by atoms with Crippen LogP contribution in [0.15, 0.2) is 18.2 Å². The highest BCUT2D eigenvalue weighted by molar-refractivity contribution is 6.30. The Kier molecular flexibility index (Phi) is 7.75. The molecule has 0 bridgehead atoms. The Balaban J connectivity index is 0.00000324. The number of hydrogen-bond donors (Lipinski definition) is 1. The molecule has 2 atom stereocenters. The zero-order valence-corrected chi connectivity index (χ0v) is 12.1. The molecule has 0 aliphatic carbocycles. The molecule has 1 aromatic rings. The number of hydrogen-bond acceptors (Lipinski definition) is 4. The first-order valence-corrected chi connectivity index (χ1v) is 5.78. The highest BCUT2D eigenvalue weighted by Gasteiger charge is 2.29. The molecule has 7 heteroatoms. The van der Waals surface area contributed by atoms with Gasteiger partial charge in [0.1, 0.15) is 5.75 Å². The quantitative estimate of drug-likeness (QED) is 0.849. The van der Waals surface area contributed by atoms with Gasteiger partial charge in [0, 0.05) is 10.6 Å². The molecule has 0 aromatic heterocycles. The first kappa shape index (κ1) is 18.0. The summed E-state index contributed by atoms with van der Waals surface area (Å²) >= 11 is 5.81. The van der Waals surface area contributed by atoms with Gasteiger partial charge in [-0.15, -0.1) is 12.4 Å². The number of alkyl halides is 1. The second kappa shape index (κ2) is 8.19. The number of methoxy groups -OCH3 is 1. The van der Waals surface area contributed by atoms with Crippen molar-refractivity contribution in [3.8, 4) is 5.75 Å². The second-order valence-electron chi connectivity index (χ2n) is 3.57. The van der Waals surface area contributed by atoms with E-state index in [9.17, 15) is 9.18 Å². The third-order valence-corrected chi connectivity index (χ3v) is 2.61. The summed E-state index contributed by atoms with van der Waals surface area (Å²) in [4.78, 5) is 11.3. The molecular weight excluding hydrogens is 296 g/mol. The molecule has 0 amide bonds. The van der Waals surface area contributed by atoms with Crippen molar-refractivity contribution in [2.24, 2.45) is 5.73 Å². The largest absolute Gasteiger partial charge is 0.496 e. The van der Waals surface area contributed by atoms with Gasteiger partial charge in [0.15, 0.2) is 0 Å². The van der Waals surface area contributed by atoms with Crippen LogP contribution in [0.2, 0.25) is 5.02 Å². The molecule has 1 rings (SSSR count). The Labute approximate surface area is 122 Å². The molecule has 0 fully saturated rings. The molecule has 4 nitrogen and oxygen atoms in total. The van der Waals surface area contributed by atoms with E-state index in [1.54, 1.807) is 19.1 Å². The summed E-state index contributed by atoms with van der Waals surface area (Å²) in [5.41, 5.74) is 6.03. The zero-order valence-electron chi connectivity index (χ0n) is 10.6. The summed E-state index contributed by atoms with van der Waals surface area (Å²) in [5.74, 6) is -0.620.